The SMILES string of the molecule is CCNC(=NCC(=O)NC(C)(C)C)NCC(CC)(CC)NC(=O)OC(C)(C)C. The number of alkyl carbamates (subject to hydrolysis) is 1. The molecule has 0 unspecified atom stereocenters. The molecule has 0 bridgehead atoms. The Balaban J connectivity index is 5.03. The predicted octanol–water partition coefficient (Wildman–Crippen LogP) is 2.54. The monoisotopic (exact) mass is 399 g/mol. The summed E-state index contributed by atoms with van der Waals surface area (Å²) in [5.41, 5.74) is -1.33. The van der Waals surface area contributed by atoms with Gasteiger partial charge in [-0.2, -0.15) is 0 Å². The minimum Gasteiger partial charge on any atom is -0.444 e. The van der Waals surface area contributed by atoms with Crippen molar-refractivity contribution in [1.29, 1.82) is 0 Å². The highest BCUT2D eigenvalue weighted by Crippen LogP contribution is 2.16. The summed E-state index contributed by atoms with van der Waals surface area (Å²) >= 11 is 0. The second-order valence-corrected chi connectivity index (χ2v) is 8.96. The van der Waals surface area contributed by atoms with Crippen LogP contribution in [0.5, 0.6) is 0 Å². The quantitative estimate of drug-likeness (QED) is 0.371. The molecule has 0 saturated heterocycles. The summed E-state index contributed by atoms with van der Waals surface area (Å²) in [4.78, 5) is 28.6. The van der Waals surface area contributed by atoms with Gasteiger partial charge in [-0.1, -0.05) is 13.8 Å². The number of nitrogens with one attached hydrogen (secondary N) is 4. The normalized spacial score (nSPS) is 13.0. The number of nitrogens with zero attached hydrogens (tertiary/aromatic N) is 1. The van der Waals surface area contributed by atoms with Gasteiger partial charge in [-0.3, -0.25) is 4.79 Å². The Kier molecular flexibility index (Phi) is 10.3. The van der Waals surface area contributed by atoms with E-state index >= 15 is 0 Å². The van der Waals surface area contributed by atoms with Gasteiger partial charge < -0.3 is 26.0 Å². The van der Waals surface area contributed by atoms with Crippen molar-refractivity contribution in [3.8, 4) is 0 Å². The summed E-state index contributed by atoms with van der Waals surface area (Å²) in [7, 11) is 0. The minimum atomic E-state index is -0.554. The van der Waals surface area contributed by atoms with Crippen LogP contribution in [0.3, 0.4) is 0 Å². The van der Waals surface area contributed by atoms with Crippen molar-refractivity contribution in [2.24, 2.45) is 4.99 Å². The second-order valence-electron chi connectivity index (χ2n) is 8.96. The van der Waals surface area contributed by atoms with Gasteiger partial charge in [0.1, 0.15) is 12.1 Å². The third-order valence-electron chi connectivity index (χ3n) is 3.95. The maximum Gasteiger partial charge on any atom is 0.408 e. The molecule has 0 aliphatic carbocycles. The number of aliphatic imine (C=N–C) groups is 1. The van der Waals surface area contributed by atoms with Crippen LogP contribution in [0.25, 0.3) is 0 Å². The molecule has 8 nitrogen and oxygen atoms in total. The molecule has 0 fully saturated rings. The largest absolute Gasteiger partial charge is 0.444 e. The van der Waals surface area contributed by atoms with Gasteiger partial charge in [0.2, 0.25) is 5.91 Å². The summed E-state index contributed by atoms with van der Waals surface area (Å²) in [6.07, 6.45) is 1.00. The lowest BCUT2D eigenvalue weighted by molar-refractivity contribution is -0.121. The summed E-state index contributed by atoms with van der Waals surface area (Å²) in [5, 5.41) is 12.2. The van der Waals surface area contributed by atoms with Gasteiger partial charge >= 0.3 is 6.09 Å². The molecule has 0 aliphatic heterocycles. The van der Waals surface area contributed by atoms with Gasteiger partial charge in [-0.25, -0.2) is 9.79 Å². The number of rotatable bonds is 8. The Morgan fingerprint density at radius 3 is 1.89 bits per heavy atom. The molecular weight excluding hydrogens is 358 g/mol. The Morgan fingerprint density at radius 1 is 0.893 bits per heavy atom. The zero-order valence-electron chi connectivity index (χ0n) is 19.2. The Morgan fingerprint density at radius 2 is 1.46 bits per heavy atom. The first-order valence-corrected chi connectivity index (χ1v) is 10.1. The van der Waals surface area contributed by atoms with Crippen LogP contribution in [-0.2, 0) is 9.53 Å². The van der Waals surface area contributed by atoms with E-state index in [4.69, 9.17) is 4.74 Å². The van der Waals surface area contributed by atoms with E-state index in [1.165, 1.54) is 0 Å². The summed E-state index contributed by atoms with van der Waals surface area (Å²) < 4.78 is 5.40. The van der Waals surface area contributed by atoms with E-state index in [1.54, 1.807) is 0 Å². The molecule has 0 aromatic rings. The molecule has 0 aromatic carbocycles. The third kappa shape index (κ3) is 11.7. The highest BCUT2D eigenvalue weighted by atomic mass is 16.6. The van der Waals surface area contributed by atoms with Crippen LogP contribution < -0.4 is 21.3 Å². The van der Waals surface area contributed by atoms with E-state index in [1.807, 2.05) is 62.3 Å². The second kappa shape index (κ2) is 11.1. The molecule has 0 rings (SSSR count). The van der Waals surface area contributed by atoms with Crippen molar-refractivity contribution in [2.45, 2.75) is 91.8 Å². The lowest BCUT2D eigenvalue weighted by atomic mass is 9.93. The summed E-state index contributed by atoms with van der Waals surface area (Å²) in [6, 6.07) is 0. The van der Waals surface area contributed by atoms with Gasteiger partial charge in [-0.15, -0.1) is 0 Å². The van der Waals surface area contributed by atoms with E-state index in [0.29, 0.717) is 19.0 Å². The lowest BCUT2D eigenvalue weighted by Gasteiger charge is -2.34. The maximum absolute atomic E-state index is 12.3. The van der Waals surface area contributed by atoms with Crippen molar-refractivity contribution >= 4 is 18.0 Å². The topological polar surface area (TPSA) is 104 Å². The molecule has 0 aliphatic rings. The van der Waals surface area contributed by atoms with Crippen LogP contribution in [-0.4, -0.2) is 54.3 Å². The average Bonchev–Trinajstić information content (AvgIpc) is 2.52. The number of guanidine groups is 1. The van der Waals surface area contributed by atoms with Crippen molar-refractivity contribution in [3.63, 3.8) is 0 Å². The predicted molar refractivity (Wildman–Crippen MR) is 115 cm³/mol. The number of carbonyl (C=O) groups excluding carboxylic acids is 2. The molecule has 0 saturated carbocycles. The summed E-state index contributed by atoms with van der Waals surface area (Å²) in [6.45, 7) is 18.4. The van der Waals surface area contributed by atoms with E-state index in [-0.39, 0.29) is 18.0 Å². The van der Waals surface area contributed by atoms with Crippen molar-refractivity contribution in [3.05, 3.63) is 0 Å². The molecule has 0 aromatic heterocycles. The van der Waals surface area contributed by atoms with Crippen LogP contribution >= 0.6 is 0 Å². The van der Waals surface area contributed by atoms with Crippen molar-refractivity contribution < 1.29 is 14.3 Å². The highest BCUT2D eigenvalue weighted by molar-refractivity contribution is 5.85. The number of carbonyl (C=O) groups is 2. The number of hydrogen-bond acceptors (Lipinski definition) is 4. The third-order valence-corrected chi connectivity index (χ3v) is 3.95. The molecule has 8 heteroatoms. The number of amides is 2. The highest BCUT2D eigenvalue weighted by Gasteiger charge is 2.30. The van der Waals surface area contributed by atoms with Crippen LogP contribution in [0.4, 0.5) is 4.79 Å². The van der Waals surface area contributed by atoms with E-state index in [2.05, 4.69) is 26.3 Å². The zero-order valence-corrected chi connectivity index (χ0v) is 19.2. The Hall–Kier alpha value is -1.99. The maximum atomic E-state index is 12.3. The first kappa shape index (κ1) is 26.0. The lowest BCUT2D eigenvalue weighted by Crippen LogP contribution is -2.57. The Labute approximate surface area is 170 Å². The Bertz CT molecular complexity index is 529. The van der Waals surface area contributed by atoms with Gasteiger partial charge in [0.05, 0.1) is 5.54 Å². The minimum absolute atomic E-state index is 0.0251. The zero-order chi connectivity index (χ0) is 22.0. The molecular formula is C20H41N5O3. The molecule has 28 heavy (non-hydrogen) atoms. The fourth-order valence-electron chi connectivity index (χ4n) is 2.44. The number of hydrogen-bond donors (Lipinski definition) is 4. The standard InChI is InChI=1S/C20H41N5O3/c1-10-20(11-2,25-17(27)28-19(7,8)9)14-23-16(21-12-3)22-13-15(26)24-18(4,5)6/h10-14H2,1-9H3,(H,24,26)(H,25,27)(H2,21,22,23). The van der Waals surface area contributed by atoms with Crippen molar-refractivity contribution in [1.82, 2.24) is 21.3 Å². The van der Waals surface area contributed by atoms with Crippen LogP contribution in [0.15, 0.2) is 4.99 Å². The molecule has 164 valence electrons. The van der Waals surface area contributed by atoms with Crippen molar-refractivity contribution in [2.75, 3.05) is 19.6 Å². The fraction of sp³-hybridized carbons (Fsp3) is 0.850. The molecule has 0 radical (unpaired) electrons. The van der Waals surface area contributed by atoms with Crippen LogP contribution in [0, 0.1) is 0 Å². The summed E-state index contributed by atoms with van der Waals surface area (Å²) in [5.74, 6) is 0.387. The van der Waals surface area contributed by atoms with Gasteiger partial charge in [0.15, 0.2) is 5.96 Å². The molecule has 0 heterocycles. The van der Waals surface area contributed by atoms with E-state index in [0.717, 1.165) is 12.8 Å². The molecule has 0 atom stereocenters. The van der Waals surface area contributed by atoms with Crippen LogP contribution in [0.2, 0.25) is 0 Å². The smallest absolute Gasteiger partial charge is 0.408 e. The molecule has 0 spiro atoms. The number of ether oxygens (including phenoxy) is 1. The van der Waals surface area contributed by atoms with Gasteiger partial charge in [0.25, 0.3) is 0 Å². The first-order valence-electron chi connectivity index (χ1n) is 10.1. The molecule has 4 N–H and O–H groups in total. The molecule has 2 amide bonds. The van der Waals surface area contributed by atoms with Gasteiger partial charge in [0, 0.05) is 18.6 Å². The average molecular weight is 400 g/mol. The van der Waals surface area contributed by atoms with E-state index in [9.17, 15) is 9.59 Å². The fourth-order valence-corrected chi connectivity index (χ4v) is 2.44. The van der Waals surface area contributed by atoms with Crippen LogP contribution in [0.1, 0.15) is 75.2 Å². The first-order chi connectivity index (χ1) is 12.8. The van der Waals surface area contributed by atoms with Gasteiger partial charge in [-0.05, 0) is 61.3 Å². The van der Waals surface area contributed by atoms with E-state index < -0.39 is 17.2 Å².